The van der Waals surface area contributed by atoms with Gasteiger partial charge in [-0.3, -0.25) is 18.5 Å². The van der Waals surface area contributed by atoms with Crippen LogP contribution in [0.15, 0.2) is 32.3 Å². The molecule has 0 saturated heterocycles. The summed E-state index contributed by atoms with van der Waals surface area (Å²) in [6.45, 7) is 1.99. The number of rotatable bonds is 8. The Bertz CT molecular complexity index is 1300. The highest BCUT2D eigenvalue weighted by molar-refractivity contribution is 9.10. The number of hydrogen-bond acceptors (Lipinski definition) is 7. The van der Waals surface area contributed by atoms with E-state index in [4.69, 9.17) is 4.74 Å². The zero-order chi connectivity index (χ0) is 24.4. The number of nitrogens with zero attached hydrogens (tertiary/aromatic N) is 4. The van der Waals surface area contributed by atoms with E-state index in [0.717, 1.165) is 33.9 Å². The van der Waals surface area contributed by atoms with E-state index in [9.17, 15) is 19.8 Å². The Kier molecular flexibility index (Phi) is 7.44. The van der Waals surface area contributed by atoms with E-state index in [-0.39, 0.29) is 36.9 Å². The Hall–Kier alpha value is -2.63. The van der Waals surface area contributed by atoms with Gasteiger partial charge < -0.3 is 20.3 Å². The first-order chi connectivity index (χ1) is 16.4. The number of fused-ring (bicyclic) bond motifs is 1. The van der Waals surface area contributed by atoms with Crippen molar-refractivity contribution in [3.8, 4) is 5.75 Å². The molecule has 2 atom stereocenters. The number of aliphatic hydroxyl groups is 2. The molecule has 34 heavy (non-hydrogen) atoms. The molecule has 4 rings (SSSR count). The second-order valence-corrected chi connectivity index (χ2v) is 9.33. The van der Waals surface area contributed by atoms with E-state index in [1.165, 1.54) is 4.57 Å². The van der Waals surface area contributed by atoms with E-state index >= 15 is 0 Å². The van der Waals surface area contributed by atoms with E-state index in [1.54, 1.807) is 18.6 Å². The predicted molar refractivity (Wildman–Crippen MR) is 133 cm³/mol. The summed E-state index contributed by atoms with van der Waals surface area (Å²) < 4.78 is 10.3. The molecule has 1 saturated carbocycles. The lowest BCUT2D eigenvalue weighted by Crippen LogP contribution is -2.40. The molecule has 0 amide bonds. The van der Waals surface area contributed by atoms with Crippen molar-refractivity contribution in [3.05, 3.63) is 49.1 Å². The summed E-state index contributed by atoms with van der Waals surface area (Å²) in [4.78, 5) is 31.0. The first kappa shape index (κ1) is 24.5. The average molecular weight is 536 g/mol. The van der Waals surface area contributed by atoms with Gasteiger partial charge in [-0.2, -0.15) is 4.98 Å². The molecule has 1 aliphatic rings. The number of anilines is 1. The third-order valence-electron chi connectivity index (χ3n) is 6.36. The van der Waals surface area contributed by atoms with Gasteiger partial charge in [0.25, 0.3) is 5.56 Å². The highest BCUT2D eigenvalue weighted by atomic mass is 79.9. The van der Waals surface area contributed by atoms with Crippen LogP contribution in [-0.4, -0.2) is 54.8 Å². The second-order valence-electron chi connectivity index (χ2n) is 8.47. The van der Waals surface area contributed by atoms with E-state index in [2.05, 4.69) is 26.2 Å². The molecule has 184 valence electrons. The molecule has 0 radical (unpaired) electrons. The molecule has 0 spiro atoms. The Morgan fingerprint density at radius 2 is 1.97 bits per heavy atom. The summed E-state index contributed by atoms with van der Waals surface area (Å²) in [5.41, 5.74) is 0.439. The molecule has 10 nitrogen and oxygen atoms in total. The fourth-order valence-corrected chi connectivity index (χ4v) is 5.16. The maximum absolute atomic E-state index is 13.4. The van der Waals surface area contributed by atoms with Crippen molar-refractivity contribution in [2.24, 2.45) is 0 Å². The van der Waals surface area contributed by atoms with Gasteiger partial charge in [0.15, 0.2) is 11.2 Å². The summed E-state index contributed by atoms with van der Waals surface area (Å²) >= 11 is 3.51. The van der Waals surface area contributed by atoms with Gasteiger partial charge in [0.1, 0.15) is 5.75 Å². The lowest BCUT2D eigenvalue weighted by Gasteiger charge is -2.28. The fraction of sp³-hybridized carbons (Fsp3) is 0.522. The Balaban J connectivity index is 1.92. The number of aromatic nitrogens is 4. The van der Waals surface area contributed by atoms with Gasteiger partial charge in [-0.25, -0.2) is 4.79 Å². The minimum Gasteiger partial charge on any atom is -0.496 e. The third-order valence-corrected chi connectivity index (χ3v) is 6.97. The maximum Gasteiger partial charge on any atom is 0.332 e. The van der Waals surface area contributed by atoms with Gasteiger partial charge in [0.2, 0.25) is 5.95 Å². The zero-order valence-corrected chi connectivity index (χ0v) is 20.9. The molecule has 2 heterocycles. The maximum atomic E-state index is 13.4. The Morgan fingerprint density at radius 3 is 2.62 bits per heavy atom. The van der Waals surface area contributed by atoms with Gasteiger partial charge in [-0.05, 0) is 53.4 Å². The highest BCUT2D eigenvalue weighted by Crippen LogP contribution is 2.28. The number of methoxy groups -OCH3 is 1. The average Bonchev–Trinajstić information content (AvgIpc) is 3.16. The lowest BCUT2D eigenvalue weighted by atomic mass is 9.93. The topological polar surface area (TPSA) is 124 Å². The normalized spacial score (nSPS) is 18.4. The van der Waals surface area contributed by atoms with E-state index in [0.29, 0.717) is 24.7 Å². The van der Waals surface area contributed by atoms with Crippen LogP contribution >= 0.6 is 15.9 Å². The van der Waals surface area contributed by atoms with Gasteiger partial charge in [-0.1, -0.05) is 18.9 Å². The third kappa shape index (κ3) is 4.51. The van der Waals surface area contributed by atoms with Gasteiger partial charge in [0.05, 0.1) is 43.4 Å². The predicted octanol–water partition coefficient (Wildman–Crippen LogP) is 1.91. The molecule has 3 aromatic rings. The smallest absolute Gasteiger partial charge is 0.332 e. The number of halogens is 1. The van der Waals surface area contributed by atoms with Crippen LogP contribution in [-0.2, 0) is 19.6 Å². The van der Waals surface area contributed by atoms with Gasteiger partial charge >= 0.3 is 5.69 Å². The lowest BCUT2D eigenvalue weighted by molar-refractivity contribution is 0.116. The molecule has 3 N–H and O–H groups in total. The highest BCUT2D eigenvalue weighted by Gasteiger charge is 2.27. The zero-order valence-electron chi connectivity index (χ0n) is 19.3. The van der Waals surface area contributed by atoms with Crippen LogP contribution in [0.4, 0.5) is 5.95 Å². The van der Waals surface area contributed by atoms with Crippen molar-refractivity contribution in [1.29, 1.82) is 0 Å². The van der Waals surface area contributed by atoms with Crippen molar-refractivity contribution < 1.29 is 14.9 Å². The summed E-state index contributed by atoms with van der Waals surface area (Å²) in [6.07, 6.45) is 2.90. The summed E-state index contributed by atoms with van der Waals surface area (Å²) in [5, 5.41) is 23.4. The Labute approximate surface area is 204 Å². The first-order valence-electron chi connectivity index (χ1n) is 11.5. The molecule has 11 heteroatoms. The van der Waals surface area contributed by atoms with E-state index < -0.39 is 17.4 Å². The summed E-state index contributed by atoms with van der Waals surface area (Å²) in [6, 6.07) is 5.43. The monoisotopic (exact) mass is 535 g/mol. The van der Waals surface area contributed by atoms with E-state index in [1.807, 2.05) is 18.2 Å². The van der Waals surface area contributed by atoms with Crippen molar-refractivity contribution in [3.63, 3.8) is 0 Å². The molecule has 0 bridgehead atoms. The molecule has 0 aliphatic heterocycles. The first-order valence-corrected chi connectivity index (χ1v) is 12.3. The SMILES string of the molecule is CCn1c(=O)c2c(nc(NC3CCCC[C@H]3O)n2Cc2ccc(OC)c(Br)c2)n(CCO)c1=O. The molecule has 1 aliphatic carbocycles. The van der Waals surface area contributed by atoms with Crippen LogP contribution in [0.3, 0.4) is 0 Å². The number of aliphatic hydroxyl groups excluding tert-OH is 2. The molecule has 2 aromatic heterocycles. The summed E-state index contributed by atoms with van der Waals surface area (Å²) in [5.74, 6) is 1.10. The van der Waals surface area contributed by atoms with Crippen molar-refractivity contribution >= 4 is 33.0 Å². The number of imidazole rings is 1. The van der Waals surface area contributed by atoms with Crippen LogP contribution in [0.25, 0.3) is 11.2 Å². The molecule has 1 unspecified atom stereocenters. The quantitative estimate of drug-likeness (QED) is 0.402. The van der Waals surface area contributed by atoms with Crippen molar-refractivity contribution in [1.82, 2.24) is 18.7 Å². The minimum atomic E-state index is -0.524. The van der Waals surface area contributed by atoms with Crippen LogP contribution < -0.4 is 21.3 Å². The molecule has 1 aromatic carbocycles. The van der Waals surface area contributed by atoms with Crippen molar-refractivity contribution in [2.45, 2.75) is 64.4 Å². The standard InChI is InChI=1S/C23H30BrN5O5/c1-3-27-21(32)19-20(28(10-11-30)23(27)33)26-22(25-16-6-4-5-7-17(16)31)29(19)13-14-8-9-18(34-2)15(24)12-14/h8-9,12,16-17,30-31H,3-7,10-11,13H2,1-2H3,(H,25,26)/t16?,17-/m1/s1. The largest absolute Gasteiger partial charge is 0.496 e. The number of ether oxygens (including phenoxy) is 1. The fourth-order valence-electron chi connectivity index (χ4n) is 4.57. The second kappa shape index (κ2) is 10.3. The molecular weight excluding hydrogens is 506 g/mol. The minimum absolute atomic E-state index is 0.0200. The number of nitrogens with one attached hydrogen (secondary N) is 1. The van der Waals surface area contributed by atoms with Crippen LogP contribution in [0.5, 0.6) is 5.75 Å². The van der Waals surface area contributed by atoms with Crippen LogP contribution in [0, 0.1) is 0 Å². The Morgan fingerprint density at radius 1 is 1.21 bits per heavy atom. The van der Waals surface area contributed by atoms with Crippen LogP contribution in [0.1, 0.15) is 38.2 Å². The van der Waals surface area contributed by atoms with Gasteiger partial charge in [0, 0.05) is 6.54 Å². The molecular formula is C23H30BrN5O5. The van der Waals surface area contributed by atoms with Crippen LogP contribution in [0.2, 0.25) is 0 Å². The number of benzene rings is 1. The summed E-state index contributed by atoms with van der Waals surface area (Å²) in [7, 11) is 1.59. The number of hydrogen-bond donors (Lipinski definition) is 3. The molecule has 1 fully saturated rings. The van der Waals surface area contributed by atoms with Crippen molar-refractivity contribution in [2.75, 3.05) is 19.0 Å². The van der Waals surface area contributed by atoms with Gasteiger partial charge in [-0.15, -0.1) is 0 Å².